The summed E-state index contributed by atoms with van der Waals surface area (Å²) in [6.45, 7) is 1.88. The van der Waals surface area contributed by atoms with E-state index in [0.717, 1.165) is 0 Å². The van der Waals surface area contributed by atoms with Crippen molar-refractivity contribution in [2.75, 3.05) is 18.8 Å². The van der Waals surface area contributed by atoms with E-state index in [2.05, 4.69) is 4.98 Å². The number of aliphatic hydroxyl groups is 1. The third kappa shape index (κ3) is 3.32. The van der Waals surface area contributed by atoms with Gasteiger partial charge in [0.05, 0.1) is 18.6 Å². The molecule has 0 unspecified atom stereocenters. The molecular formula is C12H18N2O5S. The molecule has 1 aliphatic rings. The molecule has 0 amide bonds. The predicted octanol–water partition coefficient (Wildman–Crippen LogP) is -0.169. The van der Waals surface area contributed by atoms with Crippen LogP contribution in [0.3, 0.4) is 0 Å². The van der Waals surface area contributed by atoms with Crippen LogP contribution in [0.2, 0.25) is 0 Å². The second-order valence-corrected chi connectivity index (χ2v) is 5.50. The molecule has 112 valence electrons. The van der Waals surface area contributed by atoms with Gasteiger partial charge in [-0.1, -0.05) is 0 Å². The normalized spacial score (nSPS) is 26.1. The molecular weight excluding hydrogens is 284 g/mol. The number of hydrogen-bond acceptors (Lipinski definition) is 6. The first-order chi connectivity index (χ1) is 9.52. The van der Waals surface area contributed by atoms with Crippen molar-refractivity contribution in [3.8, 4) is 0 Å². The molecule has 0 aliphatic carbocycles. The number of thioether (sulfide) groups is 1. The minimum atomic E-state index is -0.694. The number of rotatable bonds is 5. The van der Waals surface area contributed by atoms with Crippen LogP contribution in [0, 0.1) is 6.92 Å². The van der Waals surface area contributed by atoms with Crippen LogP contribution in [0.15, 0.2) is 15.8 Å². The van der Waals surface area contributed by atoms with Gasteiger partial charge in [-0.2, -0.15) is 0 Å². The summed E-state index contributed by atoms with van der Waals surface area (Å²) in [5.41, 5.74) is -0.530. The second kappa shape index (κ2) is 6.57. The van der Waals surface area contributed by atoms with Crippen LogP contribution in [-0.4, -0.2) is 45.7 Å². The number of aromatic amines is 1. The molecule has 0 radical (unpaired) electrons. The summed E-state index contributed by atoms with van der Waals surface area (Å²) in [4.78, 5) is 25.3. The Kier molecular flexibility index (Phi) is 5.03. The van der Waals surface area contributed by atoms with Crippen molar-refractivity contribution in [1.29, 1.82) is 0 Å². The first-order valence-electron chi connectivity index (χ1n) is 6.25. The van der Waals surface area contributed by atoms with Gasteiger partial charge in [0.2, 0.25) is 0 Å². The first kappa shape index (κ1) is 15.3. The molecule has 0 aromatic carbocycles. The van der Waals surface area contributed by atoms with Crippen molar-refractivity contribution in [2.24, 2.45) is 0 Å². The van der Waals surface area contributed by atoms with Crippen LogP contribution in [0.1, 0.15) is 18.2 Å². The smallest absolute Gasteiger partial charge is 0.330 e. The van der Waals surface area contributed by atoms with Crippen molar-refractivity contribution in [2.45, 2.75) is 31.8 Å². The molecule has 1 aromatic rings. The Labute approximate surface area is 119 Å². The number of aliphatic hydroxyl groups excluding tert-OH is 1. The highest BCUT2D eigenvalue weighted by molar-refractivity contribution is 7.98. The lowest BCUT2D eigenvalue weighted by Gasteiger charge is -2.16. The molecule has 1 fully saturated rings. The van der Waals surface area contributed by atoms with Gasteiger partial charge in [0.15, 0.2) is 0 Å². The number of nitrogens with zero attached hydrogens (tertiary/aromatic N) is 1. The van der Waals surface area contributed by atoms with Crippen molar-refractivity contribution in [1.82, 2.24) is 9.55 Å². The zero-order valence-corrected chi connectivity index (χ0v) is 12.2. The summed E-state index contributed by atoms with van der Waals surface area (Å²) in [5.74, 6) is 0.523. The van der Waals surface area contributed by atoms with Gasteiger partial charge in [-0.3, -0.25) is 14.3 Å². The predicted molar refractivity (Wildman–Crippen MR) is 74.9 cm³/mol. The molecule has 0 bridgehead atoms. The summed E-state index contributed by atoms with van der Waals surface area (Å²) in [5, 5.41) is 9.94. The molecule has 1 aromatic heterocycles. The molecule has 2 rings (SSSR count). The van der Waals surface area contributed by atoms with E-state index >= 15 is 0 Å². The van der Waals surface area contributed by atoms with E-state index in [1.165, 1.54) is 22.5 Å². The van der Waals surface area contributed by atoms with E-state index in [1.54, 1.807) is 6.92 Å². The van der Waals surface area contributed by atoms with Crippen molar-refractivity contribution >= 4 is 11.8 Å². The molecule has 2 N–H and O–H groups in total. The summed E-state index contributed by atoms with van der Waals surface area (Å²) < 4.78 is 12.3. The Morgan fingerprint density at radius 2 is 2.35 bits per heavy atom. The van der Waals surface area contributed by atoms with E-state index in [0.29, 0.717) is 17.9 Å². The maximum atomic E-state index is 11.8. The van der Waals surface area contributed by atoms with Crippen LogP contribution in [-0.2, 0) is 9.47 Å². The fourth-order valence-electron chi connectivity index (χ4n) is 2.08. The zero-order chi connectivity index (χ0) is 14.7. The average molecular weight is 302 g/mol. The summed E-state index contributed by atoms with van der Waals surface area (Å²) in [6.07, 6.45) is 1.91. The highest BCUT2D eigenvalue weighted by Crippen LogP contribution is 2.27. The SMILES string of the molecule is CSCOC[C@H]1O[C@@H](n2cc(C)c(=O)[nH]c2=O)C[C@@H]1O. The monoisotopic (exact) mass is 302 g/mol. The van der Waals surface area contributed by atoms with Crippen LogP contribution in [0.25, 0.3) is 0 Å². The Balaban J connectivity index is 2.10. The molecule has 1 aliphatic heterocycles. The van der Waals surface area contributed by atoms with Gasteiger partial charge >= 0.3 is 5.69 Å². The van der Waals surface area contributed by atoms with Crippen LogP contribution < -0.4 is 11.2 Å². The van der Waals surface area contributed by atoms with Gasteiger partial charge in [0.25, 0.3) is 5.56 Å². The van der Waals surface area contributed by atoms with Gasteiger partial charge in [-0.15, -0.1) is 11.8 Å². The molecule has 8 heteroatoms. The minimum absolute atomic E-state index is 0.273. The van der Waals surface area contributed by atoms with Gasteiger partial charge in [-0.05, 0) is 13.2 Å². The number of ether oxygens (including phenoxy) is 2. The largest absolute Gasteiger partial charge is 0.390 e. The third-order valence-corrected chi connectivity index (χ3v) is 3.55. The quantitative estimate of drug-likeness (QED) is 0.579. The Bertz CT molecular complexity index is 570. The fraction of sp³-hybridized carbons (Fsp3) is 0.667. The molecule has 0 spiro atoms. The number of nitrogens with one attached hydrogen (secondary N) is 1. The molecule has 2 heterocycles. The minimum Gasteiger partial charge on any atom is -0.390 e. The lowest BCUT2D eigenvalue weighted by atomic mass is 10.2. The van der Waals surface area contributed by atoms with Crippen LogP contribution >= 0.6 is 11.8 Å². The first-order valence-corrected chi connectivity index (χ1v) is 7.64. The number of aromatic nitrogens is 2. The van der Waals surface area contributed by atoms with E-state index in [9.17, 15) is 14.7 Å². The Morgan fingerprint density at radius 3 is 3.05 bits per heavy atom. The zero-order valence-electron chi connectivity index (χ0n) is 11.4. The number of aryl methyl sites for hydroxylation is 1. The maximum absolute atomic E-state index is 11.8. The van der Waals surface area contributed by atoms with Gasteiger partial charge < -0.3 is 14.6 Å². The Hall–Kier alpha value is -1.09. The van der Waals surface area contributed by atoms with Crippen LogP contribution in [0.4, 0.5) is 0 Å². The molecule has 20 heavy (non-hydrogen) atoms. The van der Waals surface area contributed by atoms with Crippen molar-refractivity contribution in [3.05, 3.63) is 32.6 Å². The second-order valence-electron chi connectivity index (χ2n) is 4.69. The van der Waals surface area contributed by atoms with Crippen molar-refractivity contribution < 1.29 is 14.6 Å². The van der Waals surface area contributed by atoms with E-state index < -0.39 is 29.7 Å². The summed E-state index contributed by atoms with van der Waals surface area (Å²) in [7, 11) is 0. The highest BCUT2D eigenvalue weighted by atomic mass is 32.2. The maximum Gasteiger partial charge on any atom is 0.330 e. The van der Waals surface area contributed by atoms with E-state index in [1.807, 2.05) is 6.26 Å². The summed E-state index contributed by atoms with van der Waals surface area (Å²) >= 11 is 1.54. The Morgan fingerprint density at radius 1 is 1.60 bits per heavy atom. The highest BCUT2D eigenvalue weighted by Gasteiger charge is 2.35. The third-order valence-electron chi connectivity index (χ3n) is 3.14. The van der Waals surface area contributed by atoms with Gasteiger partial charge in [0, 0.05) is 18.2 Å². The number of H-pyrrole nitrogens is 1. The van der Waals surface area contributed by atoms with E-state index in [-0.39, 0.29) is 6.61 Å². The molecule has 0 saturated carbocycles. The summed E-state index contributed by atoms with van der Waals surface area (Å²) in [6, 6.07) is 0. The van der Waals surface area contributed by atoms with Crippen molar-refractivity contribution in [3.63, 3.8) is 0 Å². The van der Waals surface area contributed by atoms with E-state index in [4.69, 9.17) is 9.47 Å². The fourth-order valence-corrected chi connectivity index (χ4v) is 2.35. The van der Waals surface area contributed by atoms with Crippen LogP contribution in [0.5, 0.6) is 0 Å². The molecule has 7 nitrogen and oxygen atoms in total. The molecule has 1 saturated heterocycles. The van der Waals surface area contributed by atoms with Gasteiger partial charge in [-0.25, -0.2) is 4.79 Å². The lowest BCUT2D eigenvalue weighted by Crippen LogP contribution is -2.33. The van der Waals surface area contributed by atoms with Gasteiger partial charge in [0.1, 0.15) is 12.3 Å². The average Bonchev–Trinajstić information content (AvgIpc) is 2.76. The topological polar surface area (TPSA) is 93.5 Å². The molecule has 3 atom stereocenters. The number of hydrogen-bond donors (Lipinski definition) is 2. The lowest BCUT2D eigenvalue weighted by molar-refractivity contribution is -0.0568. The standard InChI is InChI=1S/C12H18N2O5S/c1-7-4-14(12(17)13-11(7)16)10-3-8(15)9(19-10)5-18-6-20-2/h4,8-10,15H,3,5-6H2,1-2H3,(H,13,16,17)/t8-,9+,10+/m0/s1.